The van der Waals surface area contributed by atoms with Crippen LogP contribution in [0.4, 0.5) is 0 Å². The Labute approximate surface area is 98.0 Å². The zero-order chi connectivity index (χ0) is 10.6. The second-order valence-corrected chi connectivity index (χ2v) is 4.64. The summed E-state index contributed by atoms with van der Waals surface area (Å²) in [6.07, 6.45) is 0.506. The molecule has 1 aromatic rings. The molecule has 2 N–H and O–H groups in total. The third-order valence-electron chi connectivity index (χ3n) is 1.95. The number of aliphatic hydroxyl groups is 1. The van der Waals surface area contributed by atoms with E-state index in [0.717, 1.165) is 22.5 Å². The van der Waals surface area contributed by atoms with Crippen LogP contribution in [0.3, 0.4) is 0 Å². The van der Waals surface area contributed by atoms with Crippen molar-refractivity contribution in [1.29, 1.82) is 0 Å². The van der Waals surface area contributed by atoms with E-state index in [1.807, 2.05) is 12.1 Å². The molecule has 0 aliphatic rings. The van der Waals surface area contributed by atoms with E-state index in [-0.39, 0.29) is 6.10 Å². The molecule has 0 aliphatic carbocycles. The van der Waals surface area contributed by atoms with Crippen LogP contribution in [0, 0.1) is 3.77 Å². The van der Waals surface area contributed by atoms with Gasteiger partial charge >= 0.3 is 0 Å². The first kappa shape index (κ1) is 12.0. The summed E-state index contributed by atoms with van der Waals surface area (Å²) in [4.78, 5) is 0. The minimum Gasteiger partial charge on any atom is -0.454 e. The normalized spacial score (nSPS) is 15.4. The van der Waals surface area contributed by atoms with E-state index in [9.17, 15) is 0 Å². The van der Waals surface area contributed by atoms with Crippen molar-refractivity contribution in [1.82, 2.24) is 5.32 Å². The summed E-state index contributed by atoms with van der Waals surface area (Å²) in [5.41, 5.74) is 0. The molecular formula is C10H16INO2. The summed E-state index contributed by atoms with van der Waals surface area (Å²) in [6, 6.07) is 4.21. The fraction of sp³-hybridized carbons (Fsp3) is 0.600. The molecule has 0 spiro atoms. The second-order valence-electron chi connectivity index (χ2n) is 3.57. The minimum atomic E-state index is -0.255. The number of halogens is 1. The van der Waals surface area contributed by atoms with Crippen LogP contribution in [0.25, 0.3) is 0 Å². The van der Waals surface area contributed by atoms with Crippen molar-refractivity contribution >= 4 is 22.6 Å². The predicted molar refractivity (Wildman–Crippen MR) is 64.0 cm³/mol. The molecular weight excluding hydrogens is 293 g/mol. The Hall–Kier alpha value is -0.0700. The van der Waals surface area contributed by atoms with E-state index in [2.05, 4.69) is 34.8 Å². The molecule has 4 heteroatoms. The molecule has 3 nitrogen and oxygen atoms in total. The van der Waals surface area contributed by atoms with Crippen molar-refractivity contribution in [3.05, 3.63) is 21.7 Å². The molecule has 0 amide bonds. The lowest BCUT2D eigenvalue weighted by Gasteiger charge is -2.14. The molecule has 1 heterocycles. The fourth-order valence-electron chi connectivity index (χ4n) is 1.32. The summed E-state index contributed by atoms with van der Waals surface area (Å²) in [6.45, 7) is 4.57. The van der Waals surface area contributed by atoms with Gasteiger partial charge in [-0.2, -0.15) is 0 Å². The van der Waals surface area contributed by atoms with Crippen LogP contribution in [0.1, 0.15) is 26.0 Å². The van der Waals surface area contributed by atoms with Gasteiger partial charge in [0.2, 0.25) is 0 Å². The Bertz CT molecular complexity index is 273. The SMILES string of the molecule is CC(O)CC(C)NCc1ccc(I)o1. The Kier molecular flexibility index (Phi) is 4.91. The Morgan fingerprint density at radius 2 is 2.21 bits per heavy atom. The minimum absolute atomic E-state index is 0.255. The Balaban J connectivity index is 2.26. The predicted octanol–water partition coefficient (Wildman–Crippen LogP) is 2.13. The summed E-state index contributed by atoms with van der Waals surface area (Å²) in [5.74, 6) is 0.937. The first-order chi connectivity index (χ1) is 6.58. The van der Waals surface area contributed by atoms with E-state index in [1.54, 1.807) is 6.92 Å². The monoisotopic (exact) mass is 309 g/mol. The molecule has 0 radical (unpaired) electrons. The quantitative estimate of drug-likeness (QED) is 0.819. The maximum Gasteiger partial charge on any atom is 0.164 e. The number of aliphatic hydroxyl groups excluding tert-OH is 1. The van der Waals surface area contributed by atoms with Gasteiger partial charge in [-0.15, -0.1) is 0 Å². The van der Waals surface area contributed by atoms with Gasteiger partial charge in [0.25, 0.3) is 0 Å². The molecule has 0 fully saturated rings. The topological polar surface area (TPSA) is 45.4 Å². The number of hydrogen-bond donors (Lipinski definition) is 2. The Morgan fingerprint density at radius 3 is 2.71 bits per heavy atom. The number of hydrogen-bond acceptors (Lipinski definition) is 3. The standard InChI is InChI=1S/C10H16INO2/c1-7(5-8(2)13)12-6-9-3-4-10(11)14-9/h3-4,7-8,12-13H,5-6H2,1-2H3. The van der Waals surface area contributed by atoms with Gasteiger partial charge in [-0.25, -0.2) is 0 Å². The van der Waals surface area contributed by atoms with Gasteiger partial charge in [-0.3, -0.25) is 0 Å². The first-order valence-electron chi connectivity index (χ1n) is 4.73. The lowest BCUT2D eigenvalue weighted by Crippen LogP contribution is -2.28. The zero-order valence-electron chi connectivity index (χ0n) is 8.46. The molecule has 0 saturated heterocycles. The third kappa shape index (κ3) is 4.43. The molecule has 14 heavy (non-hydrogen) atoms. The zero-order valence-corrected chi connectivity index (χ0v) is 10.6. The maximum absolute atomic E-state index is 9.16. The van der Waals surface area contributed by atoms with E-state index in [4.69, 9.17) is 9.52 Å². The first-order valence-corrected chi connectivity index (χ1v) is 5.81. The van der Waals surface area contributed by atoms with E-state index >= 15 is 0 Å². The maximum atomic E-state index is 9.16. The average Bonchev–Trinajstić information content (AvgIpc) is 2.47. The van der Waals surface area contributed by atoms with E-state index in [1.165, 1.54) is 0 Å². The third-order valence-corrected chi connectivity index (χ3v) is 2.53. The summed E-state index contributed by atoms with van der Waals surface area (Å²) in [5, 5.41) is 12.4. The summed E-state index contributed by atoms with van der Waals surface area (Å²) >= 11 is 2.14. The number of rotatable bonds is 5. The molecule has 0 aromatic carbocycles. The van der Waals surface area contributed by atoms with Crippen LogP contribution >= 0.6 is 22.6 Å². The van der Waals surface area contributed by atoms with Crippen LogP contribution < -0.4 is 5.32 Å². The molecule has 1 rings (SSSR count). The van der Waals surface area contributed by atoms with Gasteiger partial charge in [0, 0.05) is 6.04 Å². The molecule has 80 valence electrons. The summed E-state index contributed by atoms with van der Waals surface area (Å²) < 4.78 is 6.31. The fourth-order valence-corrected chi connectivity index (χ4v) is 1.78. The van der Waals surface area contributed by atoms with Crippen LogP contribution in [-0.4, -0.2) is 17.3 Å². The van der Waals surface area contributed by atoms with Crippen molar-refractivity contribution < 1.29 is 9.52 Å². The smallest absolute Gasteiger partial charge is 0.164 e. The van der Waals surface area contributed by atoms with E-state index < -0.39 is 0 Å². The van der Waals surface area contributed by atoms with E-state index in [0.29, 0.717) is 6.04 Å². The highest BCUT2D eigenvalue weighted by Crippen LogP contribution is 2.10. The lowest BCUT2D eigenvalue weighted by molar-refractivity contribution is 0.170. The Morgan fingerprint density at radius 1 is 1.50 bits per heavy atom. The molecule has 0 aliphatic heterocycles. The number of nitrogens with one attached hydrogen (secondary N) is 1. The van der Waals surface area contributed by atoms with Crippen LogP contribution in [0.15, 0.2) is 16.5 Å². The van der Waals surface area contributed by atoms with Gasteiger partial charge in [0.05, 0.1) is 12.6 Å². The molecule has 1 aromatic heterocycles. The lowest BCUT2D eigenvalue weighted by atomic mass is 10.1. The van der Waals surface area contributed by atoms with Crippen molar-refractivity contribution in [3.8, 4) is 0 Å². The van der Waals surface area contributed by atoms with Gasteiger partial charge in [0.1, 0.15) is 5.76 Å². The van der Waals surface area contributed by atoms with Gasteiger partial charge in [-0.05, 0) is 55.0 Å². The van der Waals surface area contributed by atoms with Crippen molar-refractivity contribution in [2.24, 2.45) is 0 Å². The molecule has 2 unspecified atom stereocenters. The van der Waals surface area contributed by atoms with Crippen LogP contribution in [0.5, 0.6) is 0 Å². The average molecular weight is 309 g/mol. The molecule has 0 bridgehead atoms. The number of furan rings is 1. The van der Waals surface area contributed by atoms with Crippen molar-refractivity contribution in [3.63, 3.8) is 0 Å². The van der Waals surface area contributed by atoms with Crippen molar-refractivity contribution in [2.75, 3.05) is 0 Å². The molecule has 0 saturated carbocycles. The van der Waals surface area contributed by atoms with Gasteiger partial charge < -0.3 is 14.8 Å². The van der Waals surface area contributed by atoms with Gasteiger partial charge in [0.15, 0.2) is 3.77 Å². The van der Waals surface area contributed by atoms with Gasteiger partial charge in [-0.1, -0.05) is 0 Å². The highest BCUT2D eigenvalue weighted by molar-refractivity contribution is 14.1. The highest BCUT2D eigenvalue weighted by atomic mass is 127. The van der Waals surface area contributed by atoms with Crippen molar-refractivity contribution in [2.45, 2.75) is 39.0 Å². The highest BCUT2D eigenvalue weighted by Gasteiger charge is 2.06. The van der Waals surface area contributed by atoms with Crippen LogP contribution in [0.2, 0.25) is 0 Å². The largest absolute Gasteiger partial charge is 0.454 e. The van der Waals surface area contributed by atoms with Crippen LogP contribution in [-0.2, 0) is 6.54 Å². The molecule has 2 atom stereocenters. The second kappa shape index (κ2) is 5.72. The summed E-state index contributed by atoms with van der Waals surface area (Å²) in [7, 11) is 0.